The number of aryl methyl sites for hydroxylation is 1. The first kappa shape index (κ1) is 20.6. The second kappa shape index (κ2) is 13.3. The summed E-state index contributed by atoms with van der Waals surface area (Å²) in [7, 11) is 0. The van der Waals surface area contributed by atoms with Crippen molar-refractivity contribution in [3.63, 3.8) is 0 Å². The van der Waals surface area contributed by atoms with E-state index in [0.717, 1.165) is 6.42 Å². The van der Waals surface area contributed by atoms with E-state index in [0.29, 0.717) is 12.1 Å². The third-order valence-corrected chi connectivity index (χ3v) is 2.83. The van der Waals surface area contributed by atoms with Gasteiger partial charge in [0.25, 0.3) is 5.91 Å². The van der Waals surface area contributed by atoms with Gasteiger partial charge in [-0.2, -0.15) is 0 Å². The van der Waals surface area contributed by atoms with Gasteiger partial charge in [0, 0.05) is 12.1 Å². The van der Waals surface area contributed by atoms with Gasteiger partial charge in [-0.25, -0.2) is 0 Å². The average Bonchev–Trinajstić information content (AvgIpc) is 2.55. The smallest absolute Gasteiger partial charge is 0.251 e. The van der Waals surface area contributed by atoms with Crippen LogP contribution in [0.3, 0.4) is 0 Å². The van der Waals surface area contributed by atoms with E-state index in [1.807, 2.05) is 38.1 Å². The molecule has 0 unspecified atom stereocenters. The monoisotopic (exact) mass is 316 g/mol. The fourth-order valence-corrected chi connectivity index (χ4v) is 1.60. The van der Waals surface area contributed by atoms with Crippen molar-refractivity contribution in [2.45, 2.75) is 34.1 Å². The molecule has 2 amide bonds. The summed E-state index contributed by atoms with van der Waals surface area (Å²) in [5.41, 5.74) is 1.90. The Kier molecular flexibility index (Phi) is 11.9. The van der Waals surface area contributed by atoms with Gasteiger partial charge in [0.2, 0.25) is 5.91 Å². The molecule has 1 aromatic carbocycles. The van der Waals surface area contributed by atoms with Crippen molar-refractivity contribution in [2.24, 2.45) is 0 Å². The second-order valence-electron chi connectivity index (χ2n) is 4.85. The van der Waals surface area contributed by atoms with Gasteiger partial charge in [-0.3, -0.25) is 9.59 Å². The zero-order chi connectivity index (χ0) is 17.5. The van der Waals surface area contributed by atoms with Crippen LogP contribution in [0.2, 0.25) is 0 Å². The number of hydrogen-bond acceptors (Lipinski definition) is 2. The predicted octanol–water partition coefficient (Wildman–Crippen LogP) is 3.15. The highest BCUT2D eigenvalue weighted by Gasteiger charge is 2.06. The molecule has 23 heavy (non-hydrogen) atoms. The molecular formula is C19H28N2O2. The quantitative estimate of drug-likeness (QED) is 0.626. The van der Waals surface area contributed by atoms with Crippen molar-refractivity contribution >= 4 is 11.8 Å². The van der Waals surface area contributed by atoms with Crippen molar-refractivity contribution in [3.8, 4) is 0 Å². The number of allylic oxidation sites excluding steroid dienone is 2. The van der Waals surface area contributed by atoms with E-state index >= 15 is 0 Å². The molecule has 0 saturated carbocycles. The Labute approximate surface area is 139 Å². The zero-order valence-electron chi connectivity index (χ0n) is 14.6. The summed E-state index contributed by atoms with van der Waals surface area (Å²) in [5, 5.41) is 5.17. The number of nitrogens with one attached hydrogen (secondary N) is 2. The second-order valence-corrected chi connectivity index (χ2v) is 4.85. The van der Waals surface area contributed by atoms with Gasteiger partial charge in [-0.05, 0) is 27.2 Å². The van der Waals surface area contributed by atoms with Crippen molar-refractivity contribution in [1.82, 2.24) is 10.6 Å². The van der Waals surface area contributed by atoms with Crippen LogP contribution < -0.4 is 10.6 Å². The van der Waals surface area contributed by atoms with Crippen molar-refractivity contribution in [2.75, 3.05) is 13.1 Å². The summed E-state index contributed by atoms with van der Waals surface area (Å²) in [6.45, 7) is 8.30. The molecule has 2 N–H and O–H groups in total. The Hall–Kier alpha value is -2.36. The molecule has 0 bridgehead atoms. The van der Waals surface area contributed by atoms with E-state index in [-0.39, 0.29) is 18.4 Å². The van der Waals surface area contributed by atoms with Crippen LogP contribution in [-0.4, -0.2) is 24.9 Å². The Bertz CT molecular complexity index is 519. The molecule has 0 saturated heterocycles. The maximum Gasteiger partial charge on any atom is 0.251 e. The van der Waals surface area contributed by atoms with Crippen LogP contribution >= 0.6 is 0 Å². The van der Waals surface area contributed by atoms with Gasteiger partial charge < -0.3 is 10.6 Å². The number of rotatable bonds is 6. The van der Waals surface area contributed by atoms with Gasteiger partial charge in [0.15, 0.2) is 0 Å². The van der Waals surface area contributed by atoms with Crippen molar-refractivity contribution in [1.29, 1.82) is 0 Å². The fourth-order valence-electron chi connectivity index (χ4n) is 1.60. The average molecular weight is 316 g/mol. The van der Waals surface area contributed by atoms with E-state index in [1.54, 1.807) is 19.1 Å². The molecule has 0 aliphatic rings. The molecule has 0 fully saturated rings. The number of carbonyl (C=O) groups excluding carboxylic acids is 2. The molecule has 1 aromatic rings. The lowest BCUT2D eigenvalue weighted by Gasteiger charge is -2.05. The van der Waals surface area contributed by atoms with Crippen LogP contribution in [0.5, 0.6) is 0 Å². The van der Waals surface area contributed by atoms with Crippen LogP contribution in [0.4, 0.5) is 0 Å². The minimum Gasteiger partial charge on any atom is -0.355 e. The molecule has 0 aromatic heterocycles. The van der Waals surface area contributed by atoms with E-state index in [2.05, 4.69) is 29.7 Å². The molecule has 4 nitrogen and oxygen atoms in total. The van der Waals surface area contributed by atoms with Crippen LogP contribution in [-0.2, 0) is 9.59 Å². The SMILES string of the molecule is C/C=C(\C=C/CC)C(=O)NCC(=O)NCC.Cc1ccccc1. The number of hydrogen-bond donors (Lipinski definition) is 2. The van der Waals surface area contributed by atoms with E-state index in [9.17, 15) is 9.59 Å². The van der Waals surface area contributed by atoms with Gasteiger partial charge >= 0.3 is 0 Å². The first-order valence-electron chi connectivity index (χ1n) is 7.94. The molecule has 126 valence electrons. The number of amides is 2. The van der Waals surface area contributed by atoms with Crippen molar-refractivity contribution in [3.05, 3.63) is 59.7 Å². The largest absolute Gasteiger partial charge is 0.355 e. The lowest BCUT2D eigenvalue weighted by atomic mass is 10.2. The third-order valence-electron chi connectivity index (χ3n) is 2.83. The fraction of sp³-hybridized carbons (Fsp3) is 0.368. The Morgan fingerprint density at radius 1 is 1.09 bits per heavy atom. The summed E-state index contributed by atoms with van der Waals surface area (Å²) in [6, 6.07) is 10.3. The van der Waals surface area contributed by atoms with Gasteiger partial charge in [-0.1, -0.05) is 61.0 Å². The lowest BCUT2D eigenvalue weighted by molar-refractivity contribution is -0.124. The summed E-state index contributed by atoms with van der Waals surface area (Å²) >= 11 is 0. The minimum atomic E-state index is -0.224. The van der Waals surface area contributed by atoms with E-state index in [4.69, 9.17) is 0 Å². The minimum absolute atomic E-state index is 0.0178. The molecule has 0 heterocycles. The highest BCUT2D eigenvalue weighted by atomic mass is 16.2. The lowest BCUT2D eigenvalue weighted by Crippen LogP contribution is -2.37. The van der Waals surface area contributed by atoms with Gasteiger partial charge in [0.1, 0.15) is 0 Å². The molecule has 1 rings (SSSR count). The van der Waals surface area contributed by atoms with Crippen LogP contribution in [0, 0.1) is 6.92 Å². The molecule has 0 aliphatic carbocycles. The molecule has 0 spiro atoms. The summed E-state index contributed by atoms with van der Waals surface area (Å²) in [4.78, 5) is 22.7. The first-order valence-corrected chi connectivity index (χ1v) is 7.94. The maximum absolute atomic E-state index is 11.6. The molecule has 0 aliphatic heterocycles. The first-order chi connectivity index (χ1) is 11.0. The Morgan fingerprint density at radius 3 is 2.17 bits per heavy atom. The van der Waals surface area contributed by atoms with Crippen LogP contribution in [0.1, 0.15) is 32.8 Å². The summed E-state index contributed by atoms with van der Waals surface area (Å²) < 4.78 is 0. The highest BCUT2D eigenvalue weighted by Crippen LogP contribution is 1.97. The van der Waals surface area contributed by atoms with Crippen LogP contribution in [0.25, 0.3) is 0 Å². The van der Waals surface area contributed by atoms with Gasteiger partial charge in [0.05, 0.1) is 6.54 Å². The van der Waals surface area contributed by atoms with E-state index in [1.165, 1.54) is 5.56 Å². The van der Waals surface area contributed by atoms with Crippen LogP contribution in [0.15, 0.2) is 54.1 Å². The number of benzene rings is 1. The van der Waals surface area contributed by atoms with E-state index < -0.39 is 0 Å². The molecule has 4 heteroatoms. The Morgan fingerprint density at radius 2 is 1.74 bits per heavy atom. The number of carbonyl (C=O) groups is 2. The normalized spacial score (nSPS) is 10.7. The Balaban J connectivity index is 0.000000568. The highest BCUT2D eigenvalue weighted by molar-refractivity contribution is 5.98. The molecule has 0 radical (unpaired) electrons. The third kappa shape index (κ3) is 10.9. The van der Waals surface area contributed by atoms with Gasteiger partial charge in [-0.15, -0.1) is 0 Å². The van der Waals surface area contributed by atoms with Crippen molar-refractivity contribution < 1.29 is 9.59 Å². The molecular weight excluding hydrogens is 288 g/mol. The summed E-state index contributed by atoms with van der Waals surface area (Å²) in [5.74, 6) is -0.399. The molecule has 0 atom stereocenters. The zero-order valence-corrected chi connectivity index (χ0v) is 14.6. The summed E-state index contributed by atoms with van der Waals surface area (Å²) in [6.07, 6.45) is 6.26. The number of likely N-dealkylation sites (N-methyl/N-ethyl adjacent to an activating group) is 1. The predicted molar refractivity (Wildman–Crippen MR) is 96.1 cm³/mol. The standard InChI is InChI=1S/C12H20N2O2.C7H8/c1-4-7-8-10(5-2)12(16)14-9-11(15)13-6-3;1-7-5-3-2-4-6-7/h5,7-8H,4,6,9H2,1-3H3,(H,13,15)(H,14,16);2-6H,1H3/b8-7-,10-5+;. The maximum atomic E-state index is 11.6. The topological polar surface area (TPSA) is 58.2 Å².